The van der Waals surface area contributed by atoms with Crippen molar-refractivity contribution in [1.82, 2.24) is 9.80 Å². The van der Waals surface area contributed by atoms with Crippen LogP contribution < -0.4 is 0 Å². The highest BCUT2D eigenvalue weighted by Crippen LogP contribution is 2.04. The first-order valence-corrected chi connectivity index (χ1v) is 4.72. The van der Waals surface area contributed by atoms with E-state index in [0.29, 0.717) is 6.61 Å². The topological polar surface area (TPSA) is 32.8 Å². The largest absolute Gasteiger partial charge is 0.461 e. The molecule has 0 N–H and O–H groups in total. The van der Waals surface area contributed by atoms with Crippen molar-refractivity contribution in [2.45, 2.75) is 21.8 Å². The van der Waals surface area contributed by atoms with Gasteiger partial charge in [-0.25, -0.2) is 4.79 Å². The first-order valence-electron chi connectivity index (χ1n) is 4.72. The average molecular weight is 228 g/mol. The molecule has 0 aliphatic carbocycles. The summed E-state index contributed by atoms with van der Waals surface area (Å²) in [6.45, 7) is 8.44. The van der Waals surface area contributed by atoms with Crippen molar-refractivity contribution in [1.29, 1.82) is 0 Å². The molecule has 0 bridgehead atoms. The Morgan fingerprint density at radius 2 is 2.06 bits per heavy atom. The van der Waals surface area contributed by atoms with Gasteiger partial charge in [-0.15, -0.1) is 0 Å². The zero-order chi connectivity index (χ0) is 10.4. The smallest absolute Gasteiger partial charge is 0.330 e. The molecule has 0 fully saturated rings. The van der Waals surface area contributed by atoms with Crippen LogP contribution in [0.1, 0.15) is 21.8 Å². The number of rotatable bonds is 5. The molecule has 0 saturated heterocycles. The third kappa shape index (κ3) is 5.44. The van der Waals surface area contributed by atoms with E-state index in [1.807, 2.05) is 12.4 Å². The van der Waals surface area contributed by atoms with Gasteiger partial charge >= 0.3 is 5.97 Å². The molecular weight excluding hydrogens is 204 g/mol. The van der Waals surface area contributed by atoms with Gasteiger partial charge in [0, 0.05) is 25.0 Å². The zero-order valence-electron chi connectivity index (χ0n) is 8.48. The third-order valence-corrected chi connectivity index (χ3v) is 2.05. The highest BCUT2D eigenvalue weighted by atomic mass is 16.5. The highest BCUT2D eigenvalue weighted by Gasteiger charge is 2.09. The maximum Gasteiger partial charge on any atom is 0.330 e. The van der Waals surface area contributed by atoms with Crippen LogP contribution in [0, 0.1) is 0 Å². The van der Waals surface area contributed by atoms with Gasteiger partial charge in [0.1, 0.15) is 6.61 Å². The van der Waals surface area contributed by atoms with Gasteiger partial charge < -0.3 is 14.5 Å². The van der Waals surface area contributed by atoms with Crippen molar-refractivity contribution in [3.05, 3.63) is 25.1 Å². The Hall–Kier alpha value is -1.45. The Morgan fingerprint density at radius 3 is 2.56 bits per heavy atom. The van der Waals surface area contributed by atoms with Gasteiger partial charge in [0.25, 0.3) is 0 Å². The van der Waals surface area contributed by atoms with E-state index in [1.54, 1.807) is 0 Å². The van der Waals surface area contributed by atoms with Crippen molar-refractivity contribution in [3.63, 3.8) is 0 Å². The summed E-state index contributed by atoms with van der Waals surface area (Å²) in [5, 5.41) is 0. The predicted octanol–water partition coefficient (Wildman–Crippen LogP) is 2.05. The van der Waals surface area contributed by atoms with Crippen molar-refractivity contribution in [2.75, 3.05) is 26.4 Å². The molecule has 1 rings (SSSR count). The summed E-state index contributed by atoms with van der Waals surface area (Å²) < 4.78 is 4.87. The summed E-state index contributed by atoms with van der Waals surface area (Å²) in [6, 6.07) is 0. The molecule has 0 aromatic rings. The van der Waals surface area contributed by atoms with Gasteiger partial charge in [0.2, 0.25) is 0 Å². The molecule has 4 heteroatoms. The molecule has 1 aliphatic rings. The SMILES string of the molecule is C.C.C=CC(=O)OCCN1C=CN(CC)C1. The number of hydrogen-bond acceptors (Lipinski definition) is 4. The summed E-state index contributed by atoms with van der Waals surface area (Å²) in [4.78, 5) is 15.0. The van der Waals surface area contributed by atoms with E-state index >= 15 is 0 Å². The van der Waals surface area contributed by atoms with E-state index in [4.69, 9.17) is 4.74 Å². The highest BCUT2D eigenvalue weighted by molar-refractivity contribution is 5.81. The second kappa shape index (κ2) is 8.83. The van der Waals surface area contributed by atoms with E-state index in [2.05, 4.69) is 23.3 Å². The first kappa shape index (κ1) is 17.0. The van der Waals surface area contributed by atoms with Crippen LogP contribution in [-0.2, 0) is 9.53 Å². The van der Waals surface area contributed by atoms with Crippen LogP contribution in [0.5, 0.6) is 0 Å². The van der Waals surface area contributed by atoms with Crippen LogP contribution in [0.25, 0.3) is 0 Å². The molecule has 16 heavy (non-hydrogen) atoms. The molecule has 1 heterocycles. The minimum Gasteiger partial charge on any atom is -0.461 e. The molecule has 0 saturated carbocycles. The lowest BCUT2D eigenvalue weighted by Crippen LogP contribution is -2.28. The second-order valence-electron chi connectivity index (χ2n) is 3.03. The monoisotopic (exact) mass is 228 g/mol. The predicted molar refractivity (Wildman–Crippen MR) is 67.7 cm³/mol. The molecule has 94 valence electrons. The number of esters is 1. The van der Waals surface area contributed by atoms with Crippen molar-refractivity contribution in [2.24, 2.45) is 0 Å². The van der Waals surface area contributed by atoms with Crippen molar-refractivity contribution >= 4 is 5.97 Å². The Labute approximate surface area is 99.2 Å². The molecule has 0 aromatic carbocycles. The van der Waals surface area contributed by atoms with Gasteiger partial charge in [0.05, 0.1) is 13.2 Å². The number of hydrogen-bond donors (Lipinski definition) is 0. The standard InChI is InChI=1S/C10H16N2O2.2CH4/c1-3-10(13)14-8-7-12-6-5-11(4-2)9-12;;/h3,5-6H,1,4,7-9H2,2H3;2*1H4. The Bertz CT molecular complexity index is 239. The number of carbonyl (C=O) groups is 1. The number of nitrogens with zero attached hydrogens (tertiary/aromatic N) is 2. The summed E-state index contributed by atoms with van der Waals surface area (Å²) in [5.74, 6) is -0.361. The third-order valence-electron chi connectivity index (χ3n) is 2.05. The lowest BCUT2D eigenvalue weighted by atomic mass is 10.6. The van der Waals surface area contributed by atoms with Gasteiger partial charge in [0.15, 0.2) is 0 Å². The molecule has 1 aliphatic heterocycles. The number of ether oxygens (including phenoxy) is 1. The van der Waals surface area contributed by atoms with Crippen molar-refractivity contribution < 1.29 is 9.53 Å². The van der Waals surface area contributed by atoms with E-state index in [-0.39, 0.29) is 20.8 Å². The normalized spacial score (nSPS) is 12.8. The first-order chi connectivity index (χ1) is 6.76. The summed E-state index contributed by atoms with van der Waals surface area (Å²) in [7, 11) is 0. The lowest BCUT2D eigenvalue weighted by Gasteiger charge is -2.19. The summed E-state index contributed by atoms with van der Waals surface area (Å²) in [5.41, 5.74) is 0. The Balaban J connectivity index is 0. The molecule has 0 spiro atoms. The van der Waals surface area contributed by atoms with Crippen LogP contribution in [0.4, 0.5) is 0 Å². The van der Waals surface area contributed by atoms with Crippen LogP contribution in [0.3, 0.4) is 0 Å². The lowest BCUT2D eigenvalue weighted by molar-refractivity contribution is -0.138. The Kier molecular flexibility index (Phi) is 9.36. The maximum atomic E-state index is 10.7. The molecule has 0 atom stereocenters. The van der Waals surface area contributed by atoms with Crippen LogP contribution in [0.2, 0.25) is 0 Å². The van der Waals surface area contributed by atoms with Gasteiger partial charge in [-0.3, -0.25) is 0 Å². The quantitative estimate of drug-likeness (QED) is 0.532. The fraction of sp³-hybridized carbons (Fsp3) is 0.583. The van der Waals surface area contributed by atoms with Crippen LogP contribution in [0.15, 0.2) is 25.1 Å². The zero-order valence-corrected chi connectivity index (χ0v) is 8.48. The maximum absolute atomic E-state index is 10.7. The van der Waals surface area contributed by atoms with Crippen molar-refractivity contribution in [3.8, 4) is 0 Å². The van der Waals surface area contributed by atoms with E-state index in [0.717, 1.165) is 19.8 Å². The average Bonchev–Trinajstić information content (AvgIpc) is 2.65. The fourth-order valence-electron chi connectivity index (χ4n) is 1.19. The summed E-state index contributed by atoms with van der Waals surface area (Å²) in [6.07, 6.45) is 5.22. The minimum atomic E-state index is -0.361. The second-order valence-corrected chi connectivity index (χ2v) is 3.03. The number of carbonyl (C=O) groups excluding carboxylic acids is 1. The summed E-state index contributed by atoms with van der Waals surface area (Å²) >= 11 is 0. The molecular formula is C12H24N2O2. The van der Waals surface area contributed by atoms with E-state index in [9.17, 15) is 4.79 Å². The van der Waals surface area contributed by atoms with Gasteiger partial charge in [-0.1, -0.05) is 21.4 Å². The van der Waals surface area contributed by atoms with E-state index < -0.39 is 0 Å². The van der Waals surface area contributed by atoms with Crippen LogP contribution >= 0.6 is 0 Å². The molecule has 0 aromatic heterocycles. The van der Waals surface area contributed by atoms with E-state index in [1.165, 1.54) is 6.08 Å². The molecule has 0 amide bonds. The molecule has 0 radical (unpaired) electrons. The fourth-order valence-corrected chi connectivity index (χ4v) is 1.19. The van der Waals surface area contributed by atoms with Crippen LogP contribution in [-0.4, -0.2) is 42.1 Å². The minimum absolute atomic E-state index is 0. The molecule has 0 unspecified atom stereocenters. The van der Waals surface area contributed by atoms with Gasteiger partial charge in [-0.2, -0.15) is 0 Å². The van der Waals surface area contributed by atoms with Gasteiger partial charge in [-0.05, 0) is 6.92 Å². The molecule has 4 nitrogen and oxygen atoms in total. The Morgan fingerprint density at radius 1 is 1.44 bits per heavy atom.